The van der Waals surface area contributed by atoms with E-state index in [9.17, 15) is 9.59 Å². The van der Waals surface area contributed by atoms with Crippen LogP contribution in [0, 0.1) is 17.8 Å². The van der Waals surface area contributed by atoms with E-state index < -0.39 is 0 Å². The van der Waals surface area contributed by atoms with Crippen molar-refractivity contribution in [2.45, 2.75) is 91.6 Å². The highest BCUT2D eigenvalue weighted by Gasteiger charge is 2.33. The summed E-state index contributed by atoms with van der Waals surface area (Å²) in [5.74, 6) is 0.204. The molecular formula is C20H36O4. The van der Waals surface area contributed by atoms with Crippen molar-refractivity contribution in [1.29, 1.82) is 0 Å². The van der Waals surface area contributed by atoms with Crippen LogP contribution in [0.15, 0.2) is 0 Å². The number of hydrogen-bond acceptors (Lipinski definition) is 4. The molecule has 0 amide bonds. The number of hydrogen-bond donors (Lipinski definition) is 0. The molecule has 0 aromatic rings. The molecule has 2 unspecified atom stereocenters. The van der Waals surface area contributed by atoms with E-state index in [1.807, 2.05) is 13.8 Å². The first-order valence-corrected chi connectivity index (χ1v) is 9.77. The maximum absolute atomic E-state index is 12.2. The van der Waals surface area contributed by atoms with E-state index in [-0.39, 0.29) is 29.9 Å². The van der Waals surface area contributed by atoms with Crippen LogP contribution in [-0.2, 0) is 19.1 Å². The van der Waals surface area contributed by atoms with Gasteiger partial charge < -0.3 is 9.47 Å². The van der Waals surface area contributed by atoms with Gasteiger partial charge in [-0.3, -0.25) is 9.59 Å². The van der Waals surface area contributed by atoms with E-state index in [1.165, 1.54) is 19.3 Å². The minimum atomic E-state index is -0.160. The average Bonchev–Trinajstić information content (AvgIpc) is 2.53. The largest absolute Gasteiger partial charge is 0.465 e. The van der Waals surface area contributed by atoms with Gasteiger partial charge in [-0.15, -0.1) is 0 Å². The van der Waals surface area contributed by atoms with E-state index >= 15 is 0 Å². The molecule has 0 heterocycles. The Kier molecular flexibility index (Phi) is 10.0. The molecule has 140 valence electrons. The monoisotopic (exact) mass is 340 g/mol. The Labute approximate surface area is 147 Å². The van der Waals surface area contributed by atoms with Crippen LogP contribution >= 0.6 is 0 Å². The number of carbonyl (C=O) groups is 2. The van der Waals surface area contributed by atoms with Gasteiger partial charge in [0.1, 0.15) is 0 Å². The fourth-order valence-corrected chi connectivity index (χ4v) is 3.25. The zero-order chi connectivity index (χ0) is 17.9. The molecule has 0 spiro atoms. The maximum Gasteiger partial charge on any atom is 0.309 e. The topological polar surface area (TPSA) is 52.6 Å². The Balaban J connectivity index is 2.19. The Hall–Kier alpha value is -1.06. The predicted octanol–water partition coefficient (Wildman–Crippen LogP) is 4.89. The van der Waals surface area contributed by atoms with Crippen molar-refractivity contribution in [3.8, 4) is 0 Å². The highest BCUT2D eigenvalue weighted by atomic mass is 16.5. The second-order valence-electron chi connectivity index (χ2n) is 7.81. The van der Waals surface area contributed by atoms with Crippen LogP contribution in [0.1, 0.15) is 85.5 Å². The van der Waals surface area contributed by atoms with Gasteiger partial charge in [-0.25, -0.2) is 0 Å². The van der Waals surface area contributed by atoms with Gasteiger partial charge in [0.2, 0.25) is 0 Å². The summed E-state index contributed by atoms with van der Waals surface area (Å²) in [6.45, 7) is 8.71. The maximum atomic E-state index is 12.2. The SMILES string of the molecule is CC(C)CCCCCCOC(=O)C1CCCC(C(=O)OC(C)C)C1. The second kappa shape index (κ2) is 11.5. The van der Waals surface area contributed by atoms with Gasteiger partial charge in [0.25, 0.3) is 0 Å². The number of carbonyl (C=O) groups excluding carboxylic acids is 2. The average molecular weight is 341 g/mol. The van der Waals surface area contributed by atoms with Crippen LogP contribution in [-0.4, -0.2) is 24.6 Å². The molecule has 4 heteroatoms. The summed E-state index contributed by atoms with van der Waals surface area (Å²) in [6.07, 6.45) is 8.84. The smallest absolute Gasteiger partial charge is 0.309 e. The summed E-state index contributed by atoms with van der Waals surface area (Å²) in [7, 11) is 0. The molecule has 0 aromatic heterocycles. The van der Waals surface area contributed by atoms with Crippen molar-refractivity contribution in [2.75, 3.05) is 6.61 Å². The Morgan fingerprint density at radius 3 is 2.17 bits per heavy atom. The first-order valence-electron chi connectivity index (χ1n) is 9.77. The van der Waals surface area contributed by atoms with Gasteiger partial charge in [-0.1, -0.05) is 46.0 Å². The third kappa shape index (κ3) is 8.70. The normalized spacial score (nSPS) is 21.1. The van der Waals surface area contributed by atoms with Gasteiger partial charge in [-0.05, 0) is 45.4 Å². The van der Waals surface area contributed by atoms with Crippen LogP contribution < -0.4 is 0 Å². The number of rotatable bonds is 10. The fourth-order valence-electron chi connectivity index (χ4n) is 3.25. The van der Waals surface area contributed by atoms with Crippen molar-refractivity contribution < 1.29 is 19.1 Å². The van der Waals surface area contributed by atoms with E-state index in [0.717, 1.165) is 38.0 Å². The van der Waals surface area contributed by atoms with Crippen molar-refractivity contribution in [3.05, 3.63) is 0 Å². The minimum Gasteiger partial charge on any atom is -0.465 e. The number of ether oxygens (including phenoxy) is 2. The first-order chi connectivity index (χ1) is 11.4. The van der Waals surface area contributed by atoms with E-state index in [1.54, 1.807) is 0 Å². The Morgan fingerprint density at radius 1 is 0.917 bits per heavy atom. The molecule has 1 rings (SSSR count). The summed E-state index contributed by atoms with van der Waals surface area (Å²) in [5, 5.41) is 0. The zero-order valence-electron chi connectivity index (χ0n) is 16.0. The van der Waals surface area contributed by atoms with Gasteiger partial charge in [0.05, 0.1) is 24.5 Å². The summed E-state index contributed by atoms with van der Waals surface area (Å²) in [5.41, 5.74) is 0. The fraction of sp³-hybridized carbons (Fsp3) is 0.900. The van der Waals surface area contributed by atoms with Crippen LogP contribution in [0.4, 0.5) is 0 Å². The van der Waals surface area contributed by atoms with Crippen LogP contribution in [0.3, 0.4) is 0 Å². The van der Waals surface area contributed by atoms with Crippen molar-refractivity contribution >= 4 is 11.9 Å². The molecular weight excluding hydrogens is 304 g/mol. The third-order valence-electron chi connectivity index (χ3n) is 4.61. The third-order valence-corrected chi connectivity index (χ3v) is 4.61. The molecule has 4 nitrogen and oxygen atoms in total. The van der Waals surface area contributed by atoms with Crippen LogP contribution in [0.5, 0.6) is 0 Å². The van der Waals surface area contributed by atoms with E-state index in [4.69, 9.17) is 9.47 Å². The molecule has 2 atom stereocenters. The molecule has 0 aromatic carbocycles. The molecule has 0 bridgehead atoms. The van der Waals surface area contributed by atoms with Crippen LogP contribution in [0.25, 0.3) is 0 Å². The molecule has 0 saturated heterocycles. The second-order valence-corrected chi connectivity index (χ2v) is 7.81. The van der Waals surface area contributed by atoms with Crippen molar-refractivity contribution in [1.82, 2.24) is 0 Å². The van der Waals surface area contributed by atoms with Crippen molar-refractivity contribution in [3.63, 3.8) is 0 Å². The highest BCUT2D eigenvalue weighted by Crippen LogP contribution is 2.31. The van der Waals surface area contributed by atoms with Gasteiger partial charge in [0, 0.05) is 0 Å². The zero-order valence-corrected chi connectivity index (χ0v) is 16.0. The minimum absolute atomic E-state index is 0.0967. The lowest BCUT2D eigenvalue weighted by atomic mass is 9.81. The Bertz CT molecular complexity index is 376. The van der Waals surface area contributed by atoms with E-state index in [0.29, 0.717) is 13.0 Å². The van der Waals surface area contributed by atoms with Crippen LogP contribution in [0.2, 0.25) is 0 Å². The quantitative estimate of drug-likeness (QED) is 0.419. The standard InChI is InChI=1S/C20H36O4/c1-15(2)10-7-5-6-8-13-23-19(21)17-11-9-12-18(14-17)20(22)24-16(3)4/h15-18H,5-14H2,1-4H3. The lowest BCUT2D eigenvalue weighted by molar-refractivity contribution is -0.157. The Morgan fingerprint density at radius 2 is 1.54 bits per heavy atom. The molecule has 1 aliphatic carbocycles. The molecule has 1 aliphatic rings. The molecule has 0 aliphatic heterocycles. The molecule has 0 N–H and O–H groups in total. The molecule has 24 heavy (non-hydrogen) atoms. The number of esters is 2. The van der Waals surface area contributed by atoms with Crippen molar-refractivity contribution in [2.24, 2.45) is 17.8 Å². The molecule has 1 fully saturated rings. The highest BCUT2D eigenvalue weighted by molar-refractivity contribution is 5.76. The first kappa shape index (κ1) is 21.0. The summed E-state index contributed by atoms with van der Waals surface area (Å²) < 4.78 is 10.7. The van der Waals surface area contributed by atoms with Gasteiger partial charge in [0.15, 0.2) is 0 Å². The lowest BCUT2D eigenvalue weighted by Gasteiger charge is -2.27. The summed E-state index contributed by atoms with van der Waals surface area (Å²) in [6, 6.07) is 0. The lowest BCUT2D eigenvalue weighted by Crippen LogP contribution is -2.30. The number of unbranched alkanes of at least 4 members (excludes halogenated alkanes) is 3. The van der Waals surface area contributed by atoms with Gasteiger partial charge in [-0.2, -0.15) is 0 Å². The van der Waals surface area contributed by atoms with E-state index in [2.05, 4.69) is 13.8 Å². The van der Waals surface area contributed by atoms with Gasteiger partial charge >= 0.3 is 11.9 Å². The molecule has 0 radical (unpaired) electrons. The summed E-state index contributed by atoms with van der Waals surface area (Å²) in [4.78, 5) is 24.2. The predicted molar refractivity (Wildman–Crippen MR) is 95.6 cm³/mol. The summed E-state index contributed by atoms with van der Waals surface area (Å²) >= 11 is 0. The molecule has 1 saturated carbocycles.